The van der Waals surface area contributed by atoms with Gasteiger partial charge in [0.15, 0.2) is 0 Å². The van der Waals surface area contributed by atoms with E-state index >= 15 is 0 Å². The normalized spacial score (nSPS) is 11.2. The number of rotatable bonds is 13. The van der Waals surface area contributed by atoms with Crippen molar-refractivity contribution in [3.05, 3.63) is 39.2 Å². The lowest BCUT2D eigenvalue weighted by Gasteiger charge is -2.21. The molecule has 9 heteroatoms. The number of nitrogens with one attached hydrogen (secondary N) is 1. The van der Waals surface area contributed by atoms with Crippen LogP contribution in [0, 0.1) is 13.8 Å². The van der Waals surface area contributed by atoms with Crippen molar-refractivity contribution >= 4 is 29.0 Å². The zero-order chi connectivity index (χ0) is 22.8. The molecule has 0 aromatic carbocycles. The zero-order valence-electron chi connectivity index (χ0n) is 19.0. The highest BCUT2D eigenvalue weighted by Gasteiger charge is 2.26. The summed E-state index contributed by atoms with van der Waals surface area (Å²) in [5, 5.41) is 4.99. The summed E-state index contributed by atoms with van der Waals surface area (Å²) >= 11 is 1.63. The van der Waals surface area contributed by atoms with Gasteiger partial charge in [0.1, 0.15) is 11.4 Å². The summed E-state index contributed by atoms with van der Waals surface area (Å²) in [6, 6.07) is 4.02. The van der Waals surface area contributed by atoms with Crippen LogP contribution in [0.1, 0.15) is 33.4 Å². The summed E-state index contributed by atoms with van der Waals surface area (Å²) in [7, 11) is 3.26. The Labute approximate surface area is 188 Å². The van der Waals surface area contributed by atoms with Gasteiger partial charge in [0.05, 0.1) is 32.9 Å². The van der Waals surface area contributed by atoms with Crippen molar-refractivity contribution in [2.24, 2.45) is 0 Å². The van der Waals surface area contributed by atoms with Crippen molar-refractivity contribution < 1.29 is 23.8 Å². The maximum Gasteiger partial charge on any atom is 0.342 e. The Morgan fingerprint density at radius 1 is 1.16 bits per heavy atom. The van der Waals surface area contributed by atoms with Gasteiger partial charge in [-0.05, 0) is 37.8 Å². The van der Waals surface area contributed by atoms with Crippen LogP contribution < -0.4 is 5.32 Å². The number of aromatic nitrogens is 1. The smallest absolute Gasteiger partial charge is 0.342 e. The fourth-order valence-corrected chi connectivity index (χ4v) is 3.98. The first-order valence-electron chi connectivity index (χ1n) is 10.3. The molecule has 2 aromatic rings. The van der Waals surface area contributed by atoms with E-state index in [0.717, 1.165) is 16.1 Å². The van der Waals surface area contributed by atoms with E-state index in [1.807, 2.05) is 40.8 Å². The van der Waals surface area contributed by atoms with Crippen molar-refractivity contribution in [1.82, 2.24) is 9.47 Å². The number of ether oxygens (including phenoxy) is 3. The Morgan fingerprint density at radius 3 is 2.39 bits per heavy atom. The lowest BCUT2D eigenvalue weighted by molar-refractivity contribution is -0.117. The van der Waals surface area contributed by atoms with Gasteiger partial charge in [-0.25, -0.2) is 4.79 Å². The van der Waals surface area contributed by atoms with Gasteiger partial charge in [-0.3, -0.25) is 9.69 Å². The number of carbonyl (C=O) groups excluding carboxylic acids is 2. The summed E-state index contributed by atoms with van der Waals surface area (Å²) in [6.07, 6.45) is 0. The predicted molar refractivity (Wildman–Crippen MR) is 122 cm³/mol. The Bertz CT molecular complexity index is 840. The molecule has 2 rings (SSSR count). The zero-order valence-corrected chi connectivity index (χ0v) is 19.8. The van der Waals surface area contributed by atoms with Gasteiger partial charge < -0.3 is 24.1 Å². The lowest BCUT2D eigenvalue weighted by atomic mass is 10.1. The first kappa shape index (κ1) is 25.1. The molecular weight excluding hydrogens is 418 g/mol. The average Bonchev–Trinajstić information content (AvgIpc) is 3.33. The van der Waals surface area contributed by atoms with Gasteiger partial charge in [-0.15, -0.1) is 11.3 Å². The molecule has 0 spiro atoms. The Balaban J connectivity index is 2.31. The minimum atomic E-state index is -0.432. The number of amides is 1. The van der Waals surface area contributed by atoms with Crippen LogP contribution in [0.2, 0.25) is 0 Å². The van der Waals surface area contributed by atoms with E-state index in [1.165, 1.54) is 0 Å². The molecule has 0 aliphatic rings. The summed E-state index contributed by atoms with van der Waals surface area (Å²) in [5.74, 6) is -0.160. The fraction of sp³-hybridized carbons (Fsp3) is 0.545. The molecule has 0 saturated carbocycles. The topological polar surface area (TPSA) is 82.0 Å². The molecule has 0 bridgehead atoms. The summed E-state index contributed by atoms with van der Waals surface area (Å²) in [6.45, 7) is 8.83. The third kappa shape index (κ3) is 6.90. The van der Waals surface area contributed by atoms with Crippen LogP contribution in [0.15, 0.2) is 17.5 Å². The van der Waals surface area contributed by atoms with Crippen molar-refractivity contribution in [1.29, 1.82) is 0 Å². The van der Waals surface area contributed by atoms with E-state index in [-0.39, 0.29) is 19.1 Å². The minimum absolute atomic E-state index is 0.164. The highest BCUT2D eigenvalue weighted by atomic mass is 32.1. The van der Waals surface area contributed by atoms with E-state index in [1.54, 1.807) is 32.5 Å². The number of carbonyl (C=O) groups is 2. The maximum atomic E-state index is 13.0. The van der Waals surface area contributed by atoms with E-state index in [9.17, 15) is 9.59 Å². The summed E-state index contributed by atoms with van der Waals surface area (Å²) < 4.78 is 17.5. The molecule has 0 saturated heterocycles. The third-order valence-corrected chi connectivity index (χ3v) is 5.91. The van der Waals surface area contributed by atoms with Gasteiger partial charge >= 0.3 is 5.97 Å². The van der Waals surface area contributed by atoms with Gasteiger partial charge in [0, 0.05) is 37.9 Å². The SMILES string of the molecule is CCOC(=O)c1c(C)c(C)n(Cc2cccs2)c1NC(=O)CN(CCOC)CCOC. The van der Waals surface area contributed by atoms with Gasteiger partial charge in [-0.2, -0.15) is 0 Å². The molecule has 0 unspecified atom stereocenters. The number of hydrogen-bond donors (Lipinski definition) is 1. The van der Waals surface area contributed by atoms with Crippen molar-refractivity contribution in [3.8, 4) is 0 Å². The fourth-order valence-electron chi connectivity index (χ4n) is 3.29. The molecule has 8 nitrogen and oxygen atoms in total. The van der Waals surface area contributed by atoms with E-state index < -0.39 is 5.97 Å². The summed E-state index contributed by atoms with van der Waals surface area (Å²) in [4.78, 5) is 28.8. The molecular formula is C22H33N3O5S. The van der Waals surface area contributed by atoms with Crippen LogP contribution >= 0.6 is 11.3 Å². The second-order valence-electron chi connectivity index (χ2n) is 7.13. The third-order valence-electron chi connectivity index (χ3n) is 5.05. The first-order chi connectivity index (χ1) is 14.9. The Kier molecular flexibility index (Phi) is 10.2. The standard InChI is InChI=1S/C22H33N3O5S/c1-6-30-22(27)20-16(2)17(3)25(14-18-8-7-13-31-18)21(20)23-19(26)15-24(9-11-28-4)10-12-29-5/h7-8,13H,6,9-12,14-15H2,1-5H3,(H,23,26). The quantitative estimate of drug-likeness (QED) is 0.472. The minimum Gasteiger partial charge on any atom is -0.462 e. The highest BCUT2D eigenvalue weighted by Crippen LogP contribution is 2.29. The van der Waals surface area contributed by atoms with Gasteiger partial charge in [-0.1, -0.05) is 6.07 Å². The maximum absolute atomic E-state index is 13.0. The van der Waals surface area contributed by atoms with Crippen LogP contribution in [-0.2, 0) is 25.5 Å². The molecule has 0 aliphatic carbocycles. The summed E-state index contributed by atoms with van der Waals surface area (Å²) in [5.41, 5.74) is 2.13. The van der Waals surface area contributed by atoms with Crippen molar-refractivity contribution in [3.63, 3.8) is 0 Å². The number of hydrogen-bond acceptors (Lipinski definition) is 7. The second-order valence-corrected chi connectivity index (χ2v) is 8.16. The van der Waals surface area contributed by atoms with E-state index in [4.69, 9.17) is 14.2 Å². The molecule has 2 aromatic heterocycles. The van der Waals surface area contributed by atoms with Crippen LogP contribution in [0.25, 0.3) is 0 Å². The monoisotopic (exact) mass is 451 g/mol. The Hall–Kier alpha value is -2.20. The van der Waals surface area contributed by atoms with Crippen molar-refractivity contribution in [2.45, 2.75) is 27.3 Å². The highest BCUT2D eigenvalue weighted by molar-refractivity contribution is 7.09. The first-order valence-corrected chi connectivity index (χ1v) is 11.2. The Morgan fingerprint density at radius 2 is 1.84 bits per heavy atom. The largest absolute Gasteiger partial charge is 0.462 e. The van der Waals surface area contributed by atoms with Gasteiger partial charge in [0.2, 0.25) is 5.91 Å². The molecule has 2 heterocycles. The second kappa shape index (κ2) is 12.6. The molecule has 1 amide bonds. The number of thiophene rings is 1. The number of nitrogens with zero attached hydrogens (tertiary/aromatic N) is 2. The number of methoxy groups -OCH3 is 2. The van der Waals surface area contributed by atoms with E-state index in [2.05, 4.69) is 5.32 Å². The molecule has 31 heavy (non-hydrogen) atoms. The number of esters is 1. The molecule has 172 valence electrons. The predicted octanol–water partition coefficient (Wildman–Crippen LogP) is 2.92. The number of anilines is 1. The lowest BCUT2D eigenvalue weighted by Crippen LogP contribution is -2.38. The molecule has 0 atom stereocenters. The molecule has 0 fully saturated rings. The molecule has 1 N–H and O–H groups in total. The average molecular weight is 452 g/mol. The van der Waals surface area contributed by atoms with Crippen LogP contribution in [0.3, 0.4) is 0 Å². The van der Waals surface area contributed by atoms with Crippen LogP contribution in [0.5, 0.6) is 0 Å². The molecule has 0 radical (unpaired) electrons. The van der Waals surface area contributed by atoms with E-state index in [0.29, 0.717) is 44.2 Å². The molecule has 0 aliphatic heterocycles. The van der Waals surface area contributed by atoms with Crippen LogP contribution in [-0.4, -0.2) is 75.0 Å². The van der Waals surface area contributed by atoms with Crippen molar-refractivity contribution in [2.75, 3.05) is 59.0 Å². The van der Waals surface area contributed by atoms with Gasteiger partial charge in [0.25, 0.3) is 0 Å². The van der Waals surface area contributed by atoms with Crippen LogP contribution in [0.4, 0.5) is 5.82 Å².